The Balaban J connectivity index is 1.20. The van der Waals surface area contributed by atoms with Crippen LogP contribution in [0.3, 0.4) is 0 Å². The van der Waals surface area contributed by atoms with E-state index in [-0.39, 0.29) is 23.6 Å². The summed E-state index contributed by atoms with van der Waals surface area (Å²) in [6, 6.07) is 17.6. The quantitative estimate of drug-likeness (QED) is 0.492. The monoisotopic (exact) mass is 465 g/mol. The normalized spacial score (nSPS) is 14.7. The van der Waals surface area contributed by atoms with Gasteiger partial charge in [0.2, 0.25) is 11.1 Å². The van der Waals surface area contributed by atoms with Gasteiger partial charge in [0, 0.05) is 44.0 Å². The number of carbonyl (C=O) groups excluding carboxylic acids is 2. The number of rotatable bonds is 8. The number of anilines is 1. The van der Waals surface area contributed by atoms with E-state index in [2.05, 4.69) is 55.3 Å². The van der Waals surface area contributed by atoms with Crippen molar-refractivity contribution in [2.75, 3.05) is 24.2 Å². The summed E-state index contributed by atoms with van der Waals surface area (Å²) in [4.78, 5) is 27.2. The summed E-state index contributed by atoms with van der Waals surface area (Å²) in [6.45, 7) is 2.88. The molecule has 0 radical (unpaired) electrons. The van der Waals surface area contributed by atoms with E-state index in [4.69, 9.17) is 0 Å². The molecule has 2 aromatic carbocycles. The lowest BCUT2D eigenvalue weighted by Crippen LogP contribution is -2.44. The third-order valence-electron chi connectivity index (χ3n) is 5.52. The van der Waals surface area contributed by atoms with Gasteiger partial charge >= 0.3 is 0 Å². The summed E-state index contributed by atoms with van der Waals surface area (Å²) in [7, 11) is 1.72. The van der Waals surface area contributed by atoms with Crippen LogP contribution in [0.15, 0.2) is 59.8 Å². The lowest BCUT2D eigenvalue weighted by molar-refractivity contribution is -0.113. The Bertz CT molecular complexity index is 1060. The van der Waals surface area contributed by atoms with Crippen LogP contribution in [0.25, 0.3) is 0 Å². The molecule has 9 nitrogen and oxygen atoms in total. The Hall–Kier alpha value is -3.24. The Morgan fingerprint density at radius 3 is 2.45 bits per heavy atom. The molecular weight excluding hydrogens is 438 g/mol. The largest absolute Gasteiger partial charge is 0.349 e. The van der Waals surface area contributed by atoms with Crippen molar-refractivity contribution in [1.29, 1.82) is 0 Å². The number of carbonyl (C=O) groups is 2. The number of thioether (sulfide) groups is 1. The molecule has 1 fully saturated rings. The summed E-state index contributed by atoms with van der Waals surface area (Å²) >= 11 is 1.26. The van der Waals surface area contributed by atoms with E-state index >= 15 is 0 Å². The van der Waals surface area contributed by atoms with Crippen LogP contribution in [0.5, 0.6) is 0 Å². The molecule has 0 unspecified atom stereocenters. The van der Waals surface area contributed by atoms with Crippen LogP contribution in [0.2, 0.25) is 0 Å². The second-order valence-electron chi connectivity index (χ2n) is 8.01. The van der Waals surface area contributed by atoms with Gasteiger partial charge < -0.3 is 10.6 Å². The smallest absolute Gasteiger partial charge is 0.251 e. The van der Waals surface area contributed by atoms with Gasteiger partial charge in [-0.3, -0.25) is 14.5 Å². The fourth-order valence-corrected chi connectivity index (χ4v) is 4.37. The average molecular weight is 466 g/mol. The van der Waals surface area contributed by atoms with Gasteiger partial charge in [-0.05, 0) is 53.1 Å². The maximum absolute atomic E-state index is 12.6. The topological polar surface area (TPSA) is 105 Å². The van der Waals surface area contributed by atoms with Crippen LogP contribution >= 0.6 is 11.8 Å². The van der Waals surface area contributed by atoms with Crippen LogP contribution in [0.1, 0.15) is 28.8 Å². The number of nitrogens with zero attached hydrogens (tertiary/aromatic N) is 5. The first-order valence-electron chi connectivity index (χ1n) is 10.9. The van der Waals surface area contributed by atoms with Crippen molar-refractivity contribution in [3.8, 4) is 0 Å². The first-order chi connectivity index (χ1) is 16.1. The number of hydrogen-bond donors (Lipinski definition) is 2. The molecule has 33 heavy (non-hydrogen) atoms. The molecule has 0 saturated carbocycles. The number of tetrazole rings is 1. The van der Waals surface area contributed by atoms with Crippen molar-refractivity contribution in [2.24, 2.45) is 7.05 Å². The highest BCUT2D eigenvalue weighted by Gasteiger charge is 2.21. The highest BCUT2D eigenvalue weighted by Crippen LogP contribution is 2.16. The molecule has 0 spiro atoms. The minimum atomic E-state index is -0.164. The van der Waals surface area contributed by atoms with Crippen molar-refractivity contribution in [3.63, 3.8) is 0 Å². The summed E-state index contributed by atoms with van der Waals surface area (Å²) in [5.41, 5.74) is 2.54. The Kier molecular flexibility index (Phi) is 7.69. The minimum Gasteiger partial charge on any atom is -0.349 e. The summed E-state index contributed by atoms with van der Waals surface area (Å²) in [6.07, 6.45) is 1.87. The molecular formula is C23H27N7O2S. The fraction of sp³-hybridized carbons (Fsp3) is 0.348. The molecule has 172 valence electrons. The molecule has 2 heterocycles. The van der Waals surface area contributed by atoms with Gasteiger partial charge in [-0.1, -0.05) is 42.1 Å². The minimum absolute atomic E-state index is 0.0836. The van der Waals surface area contributed by atoms with Crippen LogP contribution in [-0.4, -0.2) is 61.8 Å². The zero-order valence-corrected chi connectivity index (χ0v) is 19.3. The Morgan fingerprint density at radius 1 is 1.06 bits per heavy atom. The number of aromatic nitrogens is 4. The molecule has 1 aromatic heterocycles. The number of aryl methyl sites for hydroxylation is 1. The van der Waals surface area contributed by atoms with Crippen molar-refractivity contribution >= 4 is 29.3 Å². The fourth-order valence-electron chi connectivity index (χ4n) is 3.72. The van der Waals surface area contributed by atoms with E-state index in [9.17, 15) is 9.59 Å². The van der Waals surface area contributed by atoms with Crippen LogP contribution in [0, 0.1) is 0 Å². The van der Waals surface area contributed by atoms with Gasteiger partial charge in [0.05, 0.1) is 5.75 Å². The second kappa shape index (κ2) is 11.1. The lowest BCUT2D eigenvalue weighted by Gasteiger charge is -2.32. The number of likely N-dealkylation sites (tertiary alicyclic amines) is 1. The highest BCUT2D eigenvalue weighted by molar-refractivity contribution is 7.99. The van der Waals surface area contributed by atoms with Crippen molar-refractivity contribution < 1.29 is 9.59 Å². The van der Waals surface area contributed by atoms with Gasteiger partial charge in [0.15, 0.2) is 0 Å². The first kappa shape index (κ1) is 22.9. The number of nitrogens with one attached hydrogen (secondary N) is 2. The van der Waals surface area contributed by atoms with E-state index in [1.807, 2.05) is 6.07 Å². The van der Waals surface area contributed by atoms with Gasteiger partial charge in [-0.2, -0.15) is 0 Å². The third kappa shape index (κ3) is 6.62. The molecule has 10 heteroatoms. The molecule has 1 aliphatic heterocycles. The molecule has 0 bridgehead atoms. The molecule has 2 N–H and O–H groups in total. The summed E-state index contributed by atoms with van der Waals surface area (Å²) < 4.78 is 1.51. The van der Waals surface area contributed by atoms with Crippen LogP contribution in [-0.2, 0) is 18.4 Å². The number of amides is 2. The summed E-state index contributed by atoms with van der Waals surface area (Å²) in [5, 5.41) is 17.6. The average Bonchev–Trinajstić information content (AvgIpc) is 3.25. The van der Waals surface area contributed by atoms with E-state index in [1.165, 1.54) is 22.0 Å². The first-order valence-corrected chi connectivity index (χ1v) is 11.9. The van der Waals surface area contributed by atoms with Crippen LogP contribution < -0.4 is 10.6 Å². The predicted molar refractivity (Wildman–Crippen MR) is 127 cm³/mol. The van der Waals surface area contributed by atoms with Gasteiger partial charge in [0.1, 0.15) is 0 Å². The highest BCUT2D eigenvalue weighted by atomic mass is 32.2. The van der Waals surface area contributed by atoms with Crippen molar-refractivity contribution in [2.45, 2.75) is 30.6 Å². The predicted octanol–water partition coefficient (Wildman–Crippen LogP) is 2.34. The molecule has 0 aliphatic carbocycles. The van der Waals surface area contributed by atoms with E-state index in [1.54, 1.807) is 31.3 Å². The zero-order chi connectivity index (χ0) is 23.0. The maximum atomic E-state index is 12.6. The van der Waals surface area contributed by atoms with Crippen molar-refractivity contribution in [1.82, 2.24) is 30.4 Å². The van der Waals surface area contributed by atoms with Gasteiger partial charge in [-0.15, -0.1) is 5.10 Å². The van der Waals surface area contributed by atoms with E-state index in [0.717, 1.165) is 32.5 Å². The zero-order valence-electron chi connectivity index (χ0n) is 18.5. The molecule has 1 aliphatic rings. The standard InChI is InChI=1S/C23H27N7O2S/c1-29-23(26-27-28-29)33-16-21(31)24-19-9-7-18(8-10-19)22(32)25-20-11-13-30(14-12-20)15-17-5-3-2-4-6-17/h2-10,20H,11-16H2,1H3,(H,24,31)(H,25,32). The number of benzene rings is 2. The molecule has 4 rings (SSSR count). The Labute approximate surface area is 196 Å². The van der Waals surface area contributed by atoms with E-state index < -0.39 is 0 Å². The SMILES string of the molecule is Cn1nnnc1SCC(=O)Nc1ccc(C(=O)NC2CCN(Cc3ccccc3)CC2)cc1. The number of piperidine rings is 1. The van der Waals surface area contributed by atoms with Crippen LogP contribution in [0.4, 0.5) is 5.69 Å². The van der Waals surface area contributed by atoms with E-state index in [0.29, 0.717) is 16.4 Å². The number of hydrogen-bond acceptors (Lipinski definition) is 7. The molecule has 0 atom stereocenters. The summed E-state index contributed by atoms with van der Waals surface area (Å²) in [5.74, 6) is -0.0541. The van der Waals surface area contributed by atoms with Crippen molar-refractivity contribution in [3.05, 3.63) is 65.7 Å². The molecule has 2 amide bonds. The van der Waals surface area contributed by atoms with Gasteiger partial charge in [-0.25, -0.2) is 4.68 Å². The van der Waals surface area contributed by atoms with Gasteiger partial charge in [0.25, 0.3) is 5.91 Å². The third-order valence-corrected chi connectivity index (χ3v) is 6.53. The lowest BCUT2D eigenvalue weighted by atomic mass is 10.0. The Morgan fingerprint density at radius 2 is 1.79 bits per heavy atom. The molecule has 3 aromatic rings. The molecule has 1 saturated heterocycles. The maximum Gasteiger partial charge on any atom is 0.251 e. The second-order valence-corrected chi connectivity index (χ2v) is 8.95.